The number of halogens is 1. The lowest BCUT2D eigenvalue weighted by molar-refractivity contribution is -0.138. The van der Waals surface area contributed by atoms with Crippen LogP contribution in [0, 0.1) is 0 Å². The molecule has 0 saturated heterocycles. The molecule has 1 fully saturated rings. The van der Waals surface area contributed by atoms with Crippen LogP contribution < -0.4 is 0 Å². The van der Waals surface area contributed by atoms with E-state index < -0.39 is 5.54 Å². The molecule has 0 aliphatic heterocycles. The van der Waals surface area contributed by atoms with Crippen LogP contribution in [0.25, 0.3) is 0 Å². The van der Waals surface area contributed by atoms with E-state index in [0.29, 0.717) is 0 Å². The van der Waals surface area contributed by atoms with Gasteiger partial charge >= 0.3 is 0 Å². The molecule has 1 aromatic rings. The molecule has 1 amide bonds. The Balaban J connectivity index is 2.26. The Hall–Kier alpha value is -0.870. The number of likely N-dealkylation sites (N-methyl/N-ethyl adjacent to an activating group) is 1. The first-order valence-corrected chi connectivity index (χ1v) is 7.28. The van der Waals surface area contributed by atoms with Gasteiger partial charge in [-0.1, -0.05) is 28.1 Å². The number of hydrogen-bond acceptors (Lipinski definition) is 2. The number of amides is 1. The van der Waals surface area contributed by atoms with Crippen molar-refractivity contribution in [2.45, 2.75) is 37.6 Å². The van der Waals surface area contributed by atoms with Gasteiger partial charge in [0.15, 0.2) is 0 Å². The normalized spacial score (nSPS) is 17.1. The van der Waals surface area contributed by atoms with Gasteiger partial charge in [0, 0.05) is 11.5 Å². The predicted molar refractivity (Wildman–Crippen MR) is 79.0 cm³/mol. The summed E-state index contributed by atoms with van der Waals surface area (Å²) in [5, 5.41) is 9.41. The van der Waals surface area contributed by atoms with E-state index in [4.69, 9.17) is 0 Å². The lowest BCUT2D eigenvalue weighted by Crippen LogP contribution is -2.51. The van der Waals surface area contributed by atoms with Crippen LogP contribution in [-0.4, -0.2) is 35.1 Å². The van der Waals surface area contributed by atoms with E-state index in [1.807, 2.05) is 38.1 Å². The van der Waals surface area contributed by atoms with E-state index in [-0.39, 0.29) is 17.9 Å². The zero-order chi connectivity index (χ0) is 14.3. The van der Waals surface area contributed by atoms with Crippen LogP contribution in [0.3, 0.4) is 0 Å². The summed E-state index contributed by atoms with van der Waals surface area (Å²) in [5.41, 5.74) is 0.172. The minimum atomic E-state index is -0.526. The first kappa shape index (κ1) is 14.5. The van der Waals surface area contributed by atoms with Gasteiger partial charge in [0.05, 0.1) is 17.6 Å². The number of nitrogens with zero attached hydrogens (tertiary/aromatic N) is 1. The highest BCUT2D eigenvalue weighted by atomic mass is 79.9. The second-order valence-corrected chi connectivity index (χ2v) is 6.84. The first-order chi connectivity index (χ1) is 8.83. The van der Waals surface area contributed by atoms with Gasteiger partial charge in [-0.2, -0.15) is 0 Å². The maximum absolute atomic E-state index is 12.7. The van der Waals surface area contributed by atoms with Gasteiger partial charge in [0.1, 0.15) is 0 Å². The van der Waals surface area contributed by atoms with Crippen LogP contribution >= 0.6 is 15.9 Å². The van der Waals surface area contributed by atoms with Gasteiger partial charge in [-0.25, -0.2) is 0 Å². The van der Waals surface area contributed by atoms with Crippen molar-refractivity contribution in [1.29, 1.82) is 0 Å². The molecule has 3 nitrogen and oxygen atoms in total. The molecule has 1 aliphatic rings. The number of hydrogen-bond donors (Lipinski definition) is 1. The van der Waals surface area contributed by atoms with Crippen LogP contribution in [0.5, 0.6) is 0 Å². The minimum absolute atomic E-state index is 0.0361. The molecule has 104 valence electrons. The van der Waals surface area contributed by atoms with E-state index in [1.54, 1.807) is 11.9 Å². The van der Waals surface area contributed by atoms with Gasteiger partial charge < -0.3 is 10.0 Å². The van der Waals surface area contributed by atoms with Crippen molar-refractivity contribution in [1.82, 2.24) is 4.90 Å². The van der Waals surface area contributed by atoms with Crippen LogP contribution in [0.1, 0.15) is 32.3 Å². The van der Waals surface area contributed by atoms with Crippen molar-refractivity contribution < 1.29 is 9.90 Å². The third-order valence-corrected chi connectivity index (χ3v) is 4.68. The summed E-state index contributed by atoms with van der Waals surface area (Å²) in [6.45, 7) is 3.72. The number of carbonyl (C=O) groups is 1. The SMILES string of the molecule is CN(C(=O)C1(c2ccc(Br)cc2)CC1)C(C)(C)CO. The molecule has 1 N–H and O–H groups in total. The molecule has 0 unspecified atom stereocenters. The van der Waals surface area contributed by atoms with Crippen LogP contribution in [0.4, 0.5) is 0 Å². The van der Waals surface area contributed by atoms with Crippen molar-refractivity contribution in [2.75, 3.05) is 13.7 Å². The highest BCUT2D eigenvalue weighted by Crippen LogP contribution is 2.50. The molecule has 4 heteroatoms. The fourth-order valence-corrected chi connectivity index (χ4v) is 2.49. The first-order valence-electron chi connectivity index (χ1n) is 6.49. The summed E-state index contributed by atoms with van der Waals surface area (Å²) in [4.78, 5) is 14.4. The molecule has 2 rings (SSSR count). The largest absolute Gasteiger partial charge is 0.394 e. The lowest BCUT2D eigenvalue weighted by atomic mass is 9.92. The smallest absolute Gasteiger partial charge is 0.233 e. The molecule has 0 spiro atoms. The third kappa shape index (κ3) is 2.56. The van der Waals surface area contributed by atoms with Crippen LogP contribution in [0.2, 0.25) is 0 Å². The van der Waals surface area contributed by atoms with E-state index in [9.17, 15) is 9.90 Å². The quantitative estimate of drug-likeness (QED) is 0.924. The summed E-state index contributed by atoms with van der Waals surface area (Å²) in [7, 11) is 1.78. The molecule has 0 atom stereocenters. The average Bonchev–Trinajstić information content (AvgIpc) is 3.19. The molecule has 0 aromatic heterocycles. The monoisotopic (exact) mass is 325 g/mol. The van der Waals surface area contributed by atoms with Gasteiger partial charge in [-0.3, -0.25) is 4.79 Å². The van der Waals surface area contributed by atoms with Gasteiger partial charge in [0.25, 0.3) is 0 Å². The Morgan fingerprint density at radius 1 is 1.37 bits per heavy atom. The van der Waals surface area contributed by atoms with Crippen molar-refractivity contribution in [3.63, 3.8) is 0 Å². The van der Waals surface area contributed by atoms with Crippen LogP contribution in [-0.2, 0) is 10.2 Å². The number of aliphatic hydroxyl groups excluding tert-OH is 1. The Labute approximate surface area is 122 Å². The number of benzene rings is 1. The zero-order valence-corrected chi connectivity index (χ0v) is 13.2. The van der Waals surface area contributed by atoms with E-state index in [0.717, 1.165) is 22.9 Å². The van der Waals surface area contributed by atoms with Gasteiger partial charge in [0.2, 0.25) is 5.91 Å². The maximum atomic E-state index is 12.7. The lowest BCUT2D eigenvalue weighted by Gasteiger charge is -2.36. The van der Waals surface area contributed by atoms with Crippen molar-refractivity contribution >= 4 is 21.8 Å². The second kappa shape index (κ2) is 4.91. The Kier molecular flexibility index (Phi) is 3.76. The molecular weight excluding hydrogens is 306 g/mol. The number of rotatable bonds is 4. The maximum Gasteiger partial charge on any atom is 0.233 e. The summed E-state index contributed by atoms with van der Waals surface area (Å²) < 4.78 is 1.02. The molecule has 1 saturated carbocycles. The van der Waals surface area contributed by atoms with E-state index in [2.05, 4.69) is 15.9 Å². The minimum Gasteiger partial charge on any atom is -0.394 e. The van der Waals surface area contributed by atoms with Crippen molar-refractivity contribution in [3.8, 4) is 0 Å². The number of carbonyl (C=O) groups excluding carboxylic acids is 1. The zero-order valence-electron chi connectivity index (χ0n) is 11.6. The van der Waals surface area contributed by atoms with Gasteiger partial charge in [-0.15, -0.1) is 0 Å². The van der Waals surface area contributed by atoms with Crippen molar-refractivity contribution in [3.05, 3.63) is 34.3 Å². The standard InChI is InChI=1S/C15H20BrNO2/c1-14(2,10-18)17(3)13(19)15(8-9-15)11-4-6-12(16)7-5-11/h4-7,18H,8-10H2,1-3H3. The summed E-state index contributed by atoms with van der Waals surface area (Å²) >= 11 is 3.41. The Morgan fingerprint density at radius 2 is 1.89 bits per heavy atom. The van der Waals surface area contributed by atoms with Gasteiger partial charge in [-0.05, 0) is 44.4 Å². The molecule has 19 heavy (non-hydrogen) atoms. The summed E-state index contributed by atoms with van der Waals surface area (Å²) in [6.07, 6.45) is 1.78. The molecule has 0 heterocycles. The molecule has 1 aliphatic carbocycles. The highest BCUT2D eigenvalue weighted by Gasteiger charge is 2.53. The molecule has 0 radical (unpaired) electrons. The third-order valence-electron chi connectivity index (χ3n) is 4.16. The average molecular weight is 326 g/mol. The predicted octanol–water partition coefficient (Wildman–Crippen LogP) is 2.71. The number of aliphatic hydroxyl groups is 1. The Bertz CT molecular complexity index is 477. The van der Waals surface area contributed by atoms with Crippen LogP contribution in [0.15, 0.2) is 28.7 Å². The summed E-state index contributed by atoms with van der Waals surface area (Å²) in [5.74, 6) is 0.105. The molecule has 1 aromatic carbocycles. The Morgan fingerprint density at radius 3 is 2.32 bits per heavy atom. The molecule has 0 bridgehead atoms. The molecular formula is C15H20BrNO2. The van der Waals surface area contributed by atoms with Crippen molar-refractivity contribution in [2.24, 2.45) is 0 Å². The van der Waals surface area contributed by atoms with E-state index >= 15 is 0 Å². The highest BCUT2D eigenvalue weighted by molar-refractivity contribution is 9.10. The second-order valence-electron chi connectivity index (χ2n) is 5.92. The fraction of sp³-hybridized carbons (Fsp3) is 0.533. The topological polar surface area (TPSA) is 40.5 Å². The fourth-order valence-electron chi connectivity index (χ4n) is 2.22. The van der Waals surface area contributed by atoms with E-state index in [1.165, 1.54) is 0 Å². The summed E-state index contributed by atoms with van der Waals surface area (Å²) in [6, 6.07) is 7.96.